The Morgan fingerprint density at radius 2 is 2.11 bits per heavy atom. The maximum Gasteiger partial charge on any atom is 0.145 e. The molecule has 0 saturated heterocycles. The van der Waals surface area contributed by atoms with Crippen molar-refractivity contribution in [1.82, 2.24) is 15.0 Å². The molecular weight excluding hydrogens is 370 g/mol. The summed E-state index contributed by atoms with van der Waals surface area (Å²) in [4.78, 5) is 14.7. The Balaban J connectivity index is 0.000000403. The van der Waals surface area contributed by atoms with E-state index in [1.165, 1.54) is 0 Å². The number of hydrogen-bond acceptors (Lipinski definition) is 6. The van der Waals surface area contributed by atoms with Crippen molar-refractivity contribution in [3.05, 3.63) is 54.6 Å². The lowest BCUT2D eigenvalue weighted by Gasteiger charge is -2.18. The molecule has 0 amide bonds. The van der Waals surface area contributed by atoms with Gasteiger partial charge in [0.2, 0.25) is 0 Å². The Morgan fingerprint density at radius 3 is 2.79 bits per heavy atom. The minimum Gasteiger partial charge on any atom is -0.491 e. The van der Waals surface area contributed by atoms with Crippen molar-refractivity contribution < 1.29 is 9.47 Å². The standard InChI is InChI=1S/C18H15N3OS.C4H10O/c1-11-7-9-22-15-6-5-14(21-16(11)15)17-12(2)20-18(23-17)13-4-3-8-19-10-13;1-3-4-5-2/h3-6,8,10H,1,7,9H2,2H3;3-4H2,1-2H3. The summed E-state index contributed by atoms with van der Waals surface area (Å²) in [6.45, 7) is 9.77. The number of thiazole rings is 1. The van der Waals surface area contributed by atoms with Crippen molar-refractivity contribution in [2.24, 2.45) is 0 Å². The van der Waals surface area contributed by atoms with E-state index < -0.39 is 0 Å². The van der Waals surface area contributed by atoms with Crippen molar-refractivity contribution in [2.45, 2.75) is 26.7 Å². The molecule has 1 aliphatic heterocycles. The van der Waals surface area contributed by atoms with Crippen LogP contribution in [0, 0.1) is 6.92 Å². The molecule has 6 heteroatoms. The normalized spacial score (nSPS) is 12.6. The highest BCUT2D eigenvalue weighted by Crippen LogP contribution is 2.37. The van der Waals surface area contributed by atoms with Gasteiger partial charge in [0.05, 0.1) is 22.9 Å². The number of ether oxygens (including phenoxy) is 2. The van der Waals surface area contributed by atoms with E-state index in [9.17, 15) is 0 Å². The lowest BCUT2D eigenvalue weighted by molar-refractivity contribution is 0.199. The first-order valence-electron chi connectivity index (χ1n) is 9.33. The summed E-state index contributed by atoms with van der Waals surface area (Å²) in [5.41, 5.74) is 4.81. The molecule has 0 fully saturated rings. The monoisotopic (exact) mass is 395 g/mol. The van der Waals surface area contributed by atoms with E-state index in [2.05, 4.69) is 23.5 Å². The van der Waals surface area contributed by atoms with Crippen LogP contribution >= 0.6 is 11.3 Å². The second-order valence-electron chi connectivity index (χ2n) is 6.41. The second-order valence-corrected chi connectivity index (χ2v) is 7.41. The van der Waals surface area contributed by atoms with Crippen molar-refractivity contribution in [3.63, 3.8) is 0 Å². The number of nitrogens with zero attached hydrogens (tertiary/aromatic N) is 3. The van der Waals surface area contributed by atoms with E-state index in [0.29, 0.717) is 6.61 Å². The van der Waals surface area contributed by atoms with E-state index in [1.807, 2.05) is 37.4 Å². The molecule has 0 unspecified atom stereocenters. The maximum atomic E-state index is 5.65. The van der Waals surface area contributed by atoms with Crippen LogP contribution in [0.1, 0.15) is 31.2 Å². The number of rotatable bonds is 4. The predicted molar refractivity (Wildman–Crippen MR) is 115 cm³/mol. The molecule has 146 valence electrons. The van der Waals surface area contributed by atoms with Gasteiger partial charge in [-0.05, 0) is 43.2 Å². The summed E-state index contributed by atoms with van der Waals surface area (Å²) in [5.74, 6) is 0.819. The number of methoxy groups -OCH3 is 1. The fraction of sp³-hybridized carbons (Fsp3) is 0.318. The molecule has 0 spiro atoms. The lowest BCUT2D eigenvalue weighted by atomic mass is 10.1. The highest BCUT2D eigenvalue weighted by Gasteiger charge is 2.18. The number of hydrogen-bond donors (Lipinski definition) is 0. The van der Waals surface area contributed by atoms with Crippen LogP contribution in [0.5, 0.6) is 5.75 Å². The van der Waals surface area contributed by atoms with Gasteiger partial charge in [0.15, 0.2) is 0 Å². The minimum atomic E-state index is 0.678. The average Bonchev–Trinajstić information content (AvgIpc) is 3.12. The van der Waals surface area contributed by atoms with Gasteiger partial charge in [-0.3, -0.25) is 4.98 Å². The van der Waals surface area contributed by atoms with E-state index in [0.717, 1.165) is 63.3 Å². The molecule has 3 aromatic rings. The first-order chi connectivity index (χ1) is 13.6. The number of aromatic nitrogens is 3. The second kappa shape index (κ2) is 9.57. The molecule has 28 heavy (non-hydrogen) atoms. The van der Waals surface area contributed by atoms with E-state index >= 15 is 0 Å². The van der Waals surface area contributed by atoms with Gasteiger partial charge < -0.3 is 9.47 Å². The molecule has 0 atom stereocenters. The van der Waals surface area contributed by atoms with Gasteiger partial charge in [0.1, 0.15) is 16.5 Å². The third-order valence-electron chi connectivity index (χ3n) is 4.20. The molecule has 1 aliphatic rings. The van der Waals surface area contributed by atoms with Gasteiger partial charge in [0, 0.05) is 38.1 Å². The fourth-order valence-corrected chi connectivity index (χ4v) is 3.82. The molecule has 0 bridgehead atoms. The zero-order chi connectivity index (χ0) is 19.9. The summed E-state index contributed by atoms with van der Waals surface area (Å²) in [7, 11) is 1.71. The van der Waals surface area contributed by atoms with Gasteiger partial charge in [-0.15, -0.1) is 11.3 Å². The van der Waals surface area contributed by atoms with Crippen LogP contribution in [0.3, 0.4) is 0 Å². The van der Waals surface area contributed by atoms with Crippen LogP contribution < -0.4 is 4.74 Å². The largest absolute Gasteiger partial charge is 0.491 e. The van der Waals surface area contributed by atoms with Gasteiger partial charge in [0.25, 0.3) is 0 Å². The Kier molecular flexibility index (Phi) is 6.90. The van der Waals surface area contributed by atoms with Crippen LogP contribution in [0.2, 0.25) is 0 Å². The van der Waals surface area contributed by atoms with Crippen LogP contribution in [0.15, 0.2) is 43.2 Å². The van der Waals surface area contributed by atoms with E-state index in [-0.39, 0.29) is 0 Å². The first-order valence-corrected chi connectivity index (χ1v) is 10.1. The molecule has 0 radical (unpaired) electrons. The predicted octanol–water partition coefficient (Wildman–Crippen LogP) is 5.41. The third kappa shape index (κ3) is 4.64. The molecular formula is C22H25N3O2S. The topological polar surface area (TPSA) is 57.1 Å². The van der Waals surface area contributed by atoms with E-state index in [1.54, 1.807) is 24.6 Å². The first kappa shape index (κ1) is 20.2. The highest BCUT2D eigenvalue weighted by molar-refractivity contribution is 7.18. The highest BCUT2D eigenvalue weighted by atomic mass is 32.1. The summed E-state index contributed by atoms with van der Waals surface area (Å²) in [5, 5.41) is 0.959. The zero-order valence-electron chi connectivity index (χ0n) is 16.6. The lowest BCUT2D eigenvalue weighted by Crippen LogP contribution is -2.09. The van der Waals surface area contributed by atoms with Crippen molar-refractivity contribution >= 4 is 16.9 Å². The summed E-state index contributed by atoms with van der Waals surface area (Å²) in [6, 6.07) is 7.91. The quantitative estimate of drug-likeness (QED) is 0.591. The average molecular weight is 396 g/mol. The Hall–Kier alpha value is -2.57. The Labute approximate surface area is 170 Å². The summed E-state index contributed by atoms with van der Waals surface area (Å²) >= 11 is 1.63. The summed E-state index contributed by atoms with van der Waals surface area (Å²) in [6.07, 6.45) is 5.54. The smallest absolute Gasteiger partial charge is 0.145 e. The Morgan fingerprint density at radius 1 is 1.25 bits per heavy atom. The van der Waals surface area contributed by atoms with Crippen LogP contribution in [0.25, 0.3) is 26.7 Å². The van der Waals surface area contributed by atoms with Gasteiger partial charge in [-0.2, -0.15) is 0 Å². The van der Waals surface area contributed by atoms with Crippen LogP contribution in [-0.2, 0) is 4.74 Å². The Bertz CT molecular complexity index is 936. The van der Waals surface area contributed by atoms with E-state index in [4.69, 9.17) is 14.5 Å². The molecule has 0 saturated carbocycles. The zero-order valence-corrected chi connectivity index (χ0v) is 17.4. The van der Waals surface area contributed by atoms with Crippen LogP contribution in [-0.4, -0.2) is 35.3 Å². The third-order valence-corrected chi connectivity index (χ3v) is 5.43. The molecule has 4 heterocycles. The minimum absolute atomic E-state index is 0.678. The van der Waals surface area contributed by atoms with Crippen molar-refractivity contribution in [2.75, 3.05) is 20.3 Å². The van der Waals surface area contributed by atoms with Crippen LogP contribution in [0.4, 0.5) is 0 Å². The molecule has 4 rings (SSSR count). The molecule has 0 aliphatic carbocycles. The molecule has 0 aromatic carbocycles. The maximum absolute atomic E-state index is 5.65. The fourth-order valence-electron chi connectivity index (χ4n) is 2.80. The number of fused-ring (bicyclic) bond motifs is 1. The summed E-state index contributed by atoms with van der Waals surface area (Å²) < 4.78 is 10.3. The SMILES string of the molecule is C=C1CCOc2ccc(-c3sc(-c4cccnc4)nc3C)nc21.CCCOC. The van der Waals surface area contributed by atoms with Crippen molar-refractivity contribution in [1.29, 1.82) is 0 Å². The number of aryl methyl sites for hydroxylation is 1. The van der Waals surface area contributed by atoms with Gasteiger partial charge >= 0.3 is 0 Å². The molecule has 5 nitrogen and oxygen atoms in total. The van der Waals surface area contributed by atoms with Gasteiger partial charge in [-0.1, -0.05) is 13.5 Å². The van der Waals surface area contributed by atoms with Gasteiger partial charge in [-0.25, -0.2) is 9.97 Å². The van der Waals surface area contributed by atoms with Crippen molar-refractivity contribution in [3.8, 4) is 26.9 Å². The molecule has 3 aromatic heterocycles. The number of pyridine rings is 2. The molecule has 0 N–H and O–H groups in total.